The molecule has 0 saturated carbocycles. The quantitative estimate of drug-likeness (QED) is 0.856. The lowest BCUT2D eigenvalue weighted by atomic mass is 10.2. The summed E-state index contributed by atoms with van der Waals surface area (Å²) >= 11 is 1.72. The van der Waals surface area contributed by atoms with Crippen LogP contribution in [-0.4, -0.2) is 12.2 Å². The van der Waals surface area contributed by atoms with Crippen molar-refractivity contribution < 1.29 is 9.84 Å². The lowest BCUT2D eigenvalue weighted by Gasteiger charge is -2.09. The molecule has 0 aliphatic rings. The number of aromatic hydroxyl groups is 1. The zero-order chi connectivity index (χ0) is 12.1. The third-order valence-corrected chi connectivity index (χ3v) is 3.37. The van der Waals surface area contributed by atoms with Gasteiger partial charge >= 0.3 is 0 Å². The highest BCUT2D eigenvalue weighted by atomic mass is 32.1. The van der Waals surface area contributed by atoms with E-state index in [0.717, 1.165) is 12.1 Å². The molecule has 1 aromatic carbocycles. The van der Waals surface area contributed by atoms with Gasteiger partial charge in [0.15, 0.2) is 11.5 Å². The van der Waals surface area contributed by atoms with Crippen LogP contribution in [0.25, 0.3) is 0 Å². The fourth-order valence-corrected chi connectivity index (χ4v) is 2.28. The minimum Gasteiger partial charge on any atom is -0.504 e. The molecule has 0 aliphatic heterocycles. The Labute approximate surface area is 105 Å². The van der Waals surface area contributed by atoms with Crippen LogP contribution in [0.15, 0.2) is 35.7 Å². The number of thiophene rings is 1. The van der Waals surface area contributed by atoms with E-state index in [0.29, 0.717) is 12.3 Å². The van der Waals surface area contributed by atoms with Crippen molar-refractivity contribution in [2.24, 2.45) is 0 Å². The summed E-state index contributed by atoms with van der Waals surface area (Å²) in [5, 5.41) is 15.2. The molecule has 0 spiro atoms. The summed E-state index contributed by atoms with van der Waals surface area (Å²) in [6.07, 6.45) is 0. The summed E-state index contributed by atoms with van der Waals surface area (Å²) in [5.74, 6) is 0.731. The number of hydrogen-bond acceptors (Lipinski definition) is 4. The average molecular weight is 249 g/mol. The molecule has 0 saturated heterocycles. The first-order valence-corrected chi connectivity index (χ1v) is 6.27. The van der Waals surface area contributed by atoms with Gasteiger partial charge in [0.2, 0.25) is 0 Å². The lowest BCUT2D eigenvalue weighted by Crippen LogP contribution is -2.11. The summed E-state index contributed by atoms with van der Waals surface area (Å²) in [7, 11) is 1.55. The van der Waals surface area contributed by atoms with Crippen LogP contribution in [-0.2, 0) is 13.1 Å². The maximum absolute atomic E-state index is 9.88. The third-order valence-electron chi connectivity index (χ3n) is 2.50. The number of hydrogen-bond donors (Lipinski definition) is 2. The van der Waals surface area contributed by atoms with E-state index in [9.17, 15) is 5.11 Å². The Hall–Kier alpha value is -1.52. The summed E-state index contributed by atoms with van der Waals surface area (Å²) < 4.78 is 5.06. The number of benzene rings is 1. The maximum Gasteiger partial charge on any atom is 0.162 e. The van der Waals surface area contributed by atoms with E-state index in [4.69, 9.17) is 4.74 Å². The topological polar surface area (TPSA) is 41.5 Å². The average Bonchev–Trinajstić information content (AvgIpc) is 2.84. The Kier molecular flexibility index (Phi) is 4.01. The second-order valence-corrected chi connectivity index (χ2v) is 4.68. The summed E-state index contributed by atoms with van der Waals surface area (Å²) in [5.41, 5.74) is 0.848. The van der Waals surface area contributed by atoms with Crippen LogP contribution in [0, 0.1) is 0 Å². The molecule has 90 valence electrons. The molecule has 0 bridgehead atoms. The van der Waals surface area contributed by atoms with Gasteiger partial charge in [-0.2, -0.15) is 0 Å². The second kappa shape index (κ2) is 5.70. The molecule has 0 amide bonds. The third kappa shape index (κ3) is 2.99. The van der Waals surface area contributed by atoms with E-state index in [1.807, 2.05) is 18.2 Å². The maximum atomic E-state index is 9.88. The second-order valence-electron chi connectivity index (χ2n) is 3.65. The zero-order valence-electron chi connectivity index (χ0n) is 9.64. The number of methoxy groups -OCH3 is 1. The molecule has 0 aliphatic carbocycles. The van der Waals surface area contributed by atoms with Gasteiger partial charge < -0.3 is 15.2 Å². The number of para-hydroxylation sites is 1. The number of nitrogens with one attached hydrogen (secondary N) is 1. The van der Waals surface area contributed by atoms with Gasteiger partial charge in [-0.3, -0.25) is 0 Å². The van der Waals surface area contributed by atoms with Gasteiger partial charge in [0, 0.05) is 23.5 Å². The Bertz CT molecular complexity index is 468. The van der Waals surface area contributed by atoms with E-state index in [-0.39, 0.29) is 5.75 Å². The molecule has 4 heteroatoms. The molecular weight excluding hydrogens is 234 g/mol. The van der Waals surface area contributed by atoms with Gasteiger partial charge in [-0.25, -0.2) is 0 Å². The smallest absolute Gasteiger partial charge is 0.162 e. The molecule has 1 aromatic heterocycles. The zero-order valence-corrected chi connectivity index (χ0v) is 10.5. The summed E-state index contributed by atoms with van der Waals surface area (Å²) in [4.78, 5) is 1.28. The van der Waals surface area contributed by atoms with Gasteiger partial charge in [0.1, 0.15) is 0 Å². The Morgan fingerprint density at radius 1 is 1.24 bits per heavy atom. The van der Waals surface area contributed by atoms with Crippen molar-refractivity contribution in [3.8, 4) is 11.5 Å². The van der Waals surface area contributed by atoms with Crippen LogP contribution in [0.5, 0.6) is 11.5 Å². The first-order chi connectivity index (χ1) is 8.31. The highest BCUT2D eigenvalue weighted by molar-refractivity contribution is 7.09. The van der Waals surface area contributed by atoms with Crippen LogP contribution in [0.2, 0.25) is 0 Å². The van der Waals surface area contributed by atoms with Crippen molar-refractivity contribution in [2.75, 3.05) is 7.11 Å². The molecule has 0 atom stereocenters. The predicted octanol–water partition coefficient (Wildman–Crippen LogP) is 2.75. The summed E-state index contributed by atoms with van der Waals surface area (Å²) in [6, 6.07) is 9.63. The number of phenols is 1. The van der Waals surface area contributed by atoms with Crippen LogP contribution in [0.3, 0.4) is 0 Å². The molecule has 2 N–H and O–H groups in total. The molecule has 17 heavy (non-hydrogen) atoms. The normalized spacial score (nSPS) is 10.4. The molecule has 2 aromatic rings. The Morgan fingerprint density at radius 3 is 2.82 bits per heavy atom. The fourth-order valence-electron chi connectivity index (χ4n) is 1.61. The fraction of sp³-hybridized carbons (Fsp3) is 0.231. The van der Waals surface area contributed by atoms with Gasteiger partial charge in [-0.05, 0) is 17.5 Å². The minimum atomic E-state index is 0.216. The van der Waals surface area contributed by atoms with E-state index >= 15 is 0 Å². The van der Waals surface area contributed by atoms with Crippen molar-refractivity contribution in [1.29, 1.82) is 0 Å². The molecule has 2 rings (SSSR count). The van der Waals surface area contributed by atoms with Crippen LogP contribution < -0.4 is 10.1 Å². The van der Waals surface area contributed by atoms with Gasteiger partial charge in [-0.15, -0.1) is 11.3 Å². The minimum absolute atomic E-state index is 0.216. The standard InChI is InChI=1S/C13H15NO2S/c1-16-12-6-2-4-10(13(12)15)8-14-9-11-5-3-7-17-11/h2-7,14-15H,8-9H2,1H3. The highest BCUT2D eigenvalue weighted by Gasteiger charge is 2.06. The summed E-state index contributed by atoms with van der Waals surface area (Å²) in [6.45, 7) is 1.44. The Balaban J connectivity index is 1.95. The first-order valence-electron chi connectivity index (χ1n) is 5.39. The van der Waals surface area contributed by atoms with Gasteiger partial charge in [0.25, 0.3) is 0 Å². The van der Waals surface area contributed by atoms with Crippen molar-refractivity contribution in [3.05, 3.63) is 46.2 Å². The highest BCUT2D eigenvalue weighted by Crippen LogP contribution is 2.29. The molecule has 3 nitrogen and oxygen atoms in total. The Morgan fingerprint density at radius 2 is 2.12 bits per heavy atom. The van der Waals surface area contributed by atoms with Crippen LogP contribution in [0.4, 0.5) is 0 Å². The van der Waals surface area contributed by atoms with Crippen molar-refractivity contribution in [1.82, 2.24) is 5.32 Å². The number of rotatable bonds is 5. The van der Waals surface area contributed by atoms with Crippen molar-refractivity contribution in [3.63, 3.8) is 0 Å². The van der Waals surface area contributed by atoms with E-state index in [2.05, 4.69) is 16.8 Å². The van der Waals surface area contributed by atoms with E-state index < -0.39 is 0 Å². The van der Waals surface area contributed by atoms with Gasteiger partial charge in [-0.1, -0.05) is 18.2 Å². The number of ether oxygens (including phenoxy) is 1. The van der Waals surface area contributed by atoms with E-state index in [1.165, 1.54) is 4.88 Å². The van der Waals surface area contributed by atoms with Crippen molar-refractivity contribution in [2.45, 2.75) is 13.1 Å². The molecule has 1 heterocycles. The van der Waals surface area contributed by atoms with E-state index in [1.54, 1.807) is 24.5 Å². The van der Waals surface area contributed by atoms with Crippen LogP contribution >= 0.6 is 11.3 Å². The largest absolute Gasteiger partial charge is 0.504 e. The van der Waals surface area contributed by atoms with Gasteiger partial charge in [0.05, 0.1) is 7.11 Å². The molecule has 0 radical (unpaired) electrons. The van der Waals surface area contributed by atoms with Crippen LogP contribution in [0.1, 0.15) is 10.4 Å². The monoisotopic (exact) mass is 249 g/mol. The lowest BCUT2D eigenvalue weighted by molar-refractivity contribution is 0.369. The SMILES string of the molecule is COc1cccc(CNCc2cccs2)c1O. The molecular formula is C13H15NO2S. The van der Waals surface area contributed by atoms with Crippen molar-refractivity contribution >= 4 is 11.3 Å². The molecule has 0 fully saturated rings. The molecule has 0 unspecified atom stereocenters. The number of phenolic OH excluding ortho intramolecular Hbond substituents is 1. The first kappa shape index (κ1) is 12.0. The predicted molar refractivity (Wildman–Crippen MR) is 69.5 cm³/mol.